The molecule has 71 heavy (non-hydrogen) atoms. The number of hydrogen-bond donors (Lipinski definition) is 1. The molecule has 0 saturated carbocycles. The summed E-state index contributed by atoms with van der Waals surface area (Å²) in [6.45, 7) is 9.96. The Balaban J connectivity index is 0.877. The van der Waals surface area contributed by atoms with Crippen LogP contribution in [0, 0.1) is 24.2 Å². The number of thiocarbonyl (C=S) groups is 1. The van der Waals surface area contributed by atoms with Crippen molar-refractivity contribution in [2.75, 3.05) is 29.6 Å². The molecule has 3 aliphatic rings. The monoisotopic (exact) mass is 1010 g/mol. The predicted molar refractivity (Wildman–Crippen MR) is 266 cm³/mol. The fraction of sp³-hybridized carbons (Fsp3) is 0.377. The summed E-state index contributed by atoms with van der Waals surface area (Å²) in [6.07, 6.45) is -3.89. The Hall–Kier alpha value is -6.68. The number of nitrogens with zero attached hydrogens (tertiary/aromatic N) is 6. The lowest BCUT2D eigenvalue weighted by Gasteiger charge is -2.35. The van der Waals surface area contributed by atoms with Crippen molar-refractivity contribution < 1.29 is 46.9 Å². The molecule has 4 heterocycles. The van der Waals surface area contributed by atoms with Crippen molar-refractivity contribution in [3.63, 3.8) is 0 Å². The van der Waals surface area contributed by atoms with Crippen molar-refractivity contribution in [3.05, 3.63) is 124 Å². The van der Waals surface area contributed by atoms with Crippen LogP contribution in [-0.2, 0) is 33.5 Å². The number of hydrogen-bond acceptors (Lipinski definition) is 11. The molecule has 2 saturated heterocycles. The summed E-state index contributed by atoms with van der Waals surface area (Å²) in [5, 5.41) is 20.0. The molecule has 1 N–H and O–H groups in total. The number of nitriles is 1. The Labute approximate surface area is 419 Å². The molecule has 3 atom stereocenters. The van der Waals surface area contributed by atoms with E-state index >= 15 is 0 Å². The summed E-state index contributed by atoms with van der Waals surface area (Å²) in [6, 6.07) is 23.0. The van der Waals surface area contributed by atoms with E-state index in [0.717, 1.165) is 44.3 Å². The first kappa shape index (κ1) is 50.7. The number of ether oxygens (including phenoxy) is 2. The average molecular weight is 1010 g/mol. The van der Waals surface area contributed by atoms with Crippen LogP contribution in [0.1, 0.15) is 91.7 Å². The van der Waals surface area contributed by atoms with Gasteiger partial charge in [0.2, 0.25) is 5.91 Å². The van der Waals surface area contributed by atoms with E-state index in [1.54, 1.807) is 71.6 Å². The molecule has 0 bridgehead atoms. The van der Waals surface area contributed by atoms with Crippen LogP contribution in [0.5, 0.6) is 11.5 Å². The molecule has 3 aliphatic heterocycles. The van der Waals surface area contributed by atoms with Crippen LogP contribution < -0.4 is 19.3 Å². The largest absolute Gasteiger partial charge is 0.494 e. The summed E-state index contributed by atoms with van der Waals surface area (Å²) >= 11 is 7.19. The topological polar surface area (TPSA) is 157 Å². The van der Waals surface area contributed by atoms with Gasteiger partial charge in [0.15, 0.2) is 10.9 Å². The Bertz CT molecular complexity index is 2920. The molecule has 0 radical (unpaired) electrons. The number of rotatable bonds is 17. The number of amides is 3. The van der Waals surface area contributed by atoms with E-state index in [1.165, 1.54) is 22.3 Å². The number of unbranched alkanes of at least 4 members (excludes halogenated alkanes) is 1. The molecule has 3 amide bonds. The molecular formula is C53H53F3N6O7S2. The van der Waals surface area contributed by atoms with E-state index < -0.39 is 46.9 Å². The molecule has 0 unspecified atom stereocenters. The van der Waals surface area contributed by atoms with Crippen molar-refractivity contribution in [1.82, 2.24) is 14.8 Å². The second kappa shape index (κ2) is 20.6. The van der Waals surface area contributed by atoms with Gasteiger partial charge in [-0.3, -0.25) is 24.1 Å². The number of aliphatic hydroxyl groups is 1. The van der Waals surface area contributed by atoms with Crippen LogP contribution in [0.25, 0.3) is 10.4 Å². The third kappa shape index (κ3) is 10.3. The van der Waals surface area contributed by atoms with Crippen LogP contribution in [-0.4, -0.2) is 92.0 Å². The Morgan fingerprint density at radius 2 is 1.69 bits per heavy atom. The standard InChI is InChI=1S/C53H53F3N6O7S2/c1-31(2)46(60-28-36-10-6-7-11-41(36)48(60)65)49(66)59-29-39(63)26-43(59)44(64)21-15-33-12-13-34(47-32(3)58-30-71-47)24-45(33)69-23-9-8-22-68-40-19-17-37(18-20-40)62-51(70)61(50(67)52(62,4)5)38-16-14-35(27-57)42(25-38)53(54,55)56/h6-7,10-14,16-20,24-25,30-31,39,43,46,63H,8-9,15,21-23,26,28-29H2,1-5H3/t39-,43+,46+/m1/s1. The average Bonchev–Trinajstić information content (AvgIpc) is 4.08. The number of alkyl halides is 3. The zero-order valence-corrected chi connectivity index (χ0v) is 41.5. The van der Waals surface area contributed by atoms with Crippen LogP contribution in [0.2, 0.25) is 0 Å². The Morgan fingerprint density at radius 3 is 2.35 bits per heavy atom. The quantitative estimate of drug-likeness (QED) is 0.0700. The van der Waals surface area contributed by atoms with Crippen molar-refractivity contribution in [3.8, 4) is 28.0 Å². The zero-order chi connectivity index (χ0) is 50.9. The first-order valence-electron chi connectivity index (χ1n) is 23.4. The first-order chi connectivity index (χ1) is 33.8. The highest BCUT2D eigenvalue weighted by Crippen LogP contribution is 2.41. The summed E-state index contributed by atoms with van der Waals surface area (Å²) in [4.78, 5) is 66.6. The van der Waals surface area contributed by atoms with Gasteiger partial charge in [-0.25, -0.2) is 4.98 Å². The highest BCUT2D eigenvalue weighted by atomic mass is 32.1. The number of carbonyl (C=O) groups excluding carboxylic acids is 4. The third-order valence-electron chi connectivity index (χ3n) is 13.2. The minimum Gasteiger partial charge on any atom is -0.494 e. The minimum atomic E-state index is -4.81. The lowest BCUT2D eigenvalue weighted by atomic mass is 9.97. The number of aromatic nitrogens is 1. The number of anilines is 2. The van der Waals surface area contributed by atoms with Gasteiger partial charge in [0.05, 0.1) is 64.3 Å². The molecule has 5 aromatic rings. The maximum atomic E-state index is 14.3. The second-order valence-corrected chi connectivity index (χ2v) is 20.0. The maximum Gasteiger partial charge on any atom is 0.417 e. The van der Waals surface area contributed by atoms with Gasteiger partial charge in [-0.2, -0.15) is 18.4 Å². The highest BCUT2D eigenvalue weighted by molar-refractivity contribution is 7.81. The second-order valence-electron chi connectivity index (χ2n) is 18.8. The number of ketones is 1. The fourth-order valence-electron chi connectivity index (χ4n) is 9.58. The molecule has 0 aliphatic carbocycles. The number of benzene rings is 4. The zero-order valence-electron chi connectivity index (χ0n) is 39.9. The Morgan fingerprint density at radius 1 is 0.986 bits per heavy atom. The van der Waals surface area contributed by atoms with Gasteiger partial charge in [0.1, 0.15) is 23.1 Å². The summed E-state index contributed by atoms with van der Waals surface area (Å²) < 4.78 is 53.8. The van der Waals surface area contributed by atoms with Crippen molar-refractivity contribution in [1.29, 1.82) is 5.26 Å². The number of Topliss-reactive ketones (excluding diaryl/α,β-unsaturated/α-hetero) is 1. The fourth-order valence-corrected chi connectivity index (χ4v) is 10.9. The van der Waals surface area contributed by atoms with E-state index in [9.17, 15) is 42.7 Å². The van der Waals surface area contributed by atoms with E-state index in [0.29, 0.717) is 61.8 Å². The molecular weight excluding hydrogens is 954 g/mol. The van der Waals surface area contributed by atoms with Gasteiger partial charge >= 0.3 is 6.18 Å². The number of fused-ring (bicyclic) bond motifs is 1. The minimum absolute atomic E-state index is 0.00818. The van der Waals surface area contributed by atoms with E-state index in [2.05, 4.69) is 4.98 Å². The number of thiazole rings is 1. The SMILES string of the molecule is Cc1ncsc1-c1ccc(CCC(=O)[C@@H]2C[C@@H](O)CN2C(=O)[C@H](C(C)C)N2Cc3ccccc3C2=O)c(OCCCCOc2ccc(N3C(=S)N(c4ccc(C#N)c(C(F)(F)F)c4)C(=O)C3(C)C)cc2)c1. The maximum absolute atomic E-state index is 14.3. The van der Waals surface area contributed by atoms with Gasteiger partial charge in [-0.15, -0.1) is 11.3 Å². The lowest BCUT2D eigenvalue weighted by Crippen LogP contribution is -2.54. The van der Waals surface area contributed by atoms with E-state index in [-0.39, 0.29) is 53.7 Å². The van der Waals surface area contributed by atoms with Crippen molar-refractivity contribution in [2.45, 2.75) is 103 Å². The van der Waals surface area contributed by atoms with Gasteiger partial charge < -0.3 is 29.3 Å². The van der Waals surface area contributed by atoms with Gasteiger partial charge in [-0.05, 0) is 129 Å². The highest BCUT2D eigenvalue weighted by Gasteiger charge is 2.51. The molecule has 0 spiro atoms. The number of halogens is 3. The lowest BCUT2D eigenvalue weighted by molar-refractivity contribution is -0.142. The summed E-state index contributed by atoms with van der Waals surface area (Å²) in [5.41, 5.74) is 3.29. The number of likely N-dealkylation sites (tertiary alicyclic amines) is 1. The smallest absolute Gasteiger partial charge is 0.417 e. The van der Waals surface area contributed by atoms with Crippen LogP contribution in [0.4, 0.5) is 24.5 Å². The molecule has 4 aromatic carbocycles. The Kier molecular flexibility index (Phi) is 14.7. The third-order valence-corrected chi connectivity index (χ3v) is 14.6. The van der Waals surface area contributed by atoms with E-state index in [4.69, 9.17) is 21.7 Å². The van der Waals surface area contributed by atoms with Crippen LogP contribution in [0.3, 0.4) is 0 Å². The molecule has 1 aromatic heterocycles. The predicted octanol–water partition coefficient (Wildman–Crippen LogP) is 9.31. The number of aliphatic hydroxyl groups excluding tert-OH is 1. The molecule has 8 rings (SSSR count). The van der Waals surface area contributed by atoms with Gasteiger partial charge in [0.25, 0.3) is 11.8 Å². The summed E-state index contributed by atoms with van der Waals surface area (Å²) in [5.74, 6) is -0.346. The molecule has 2 fully saturated rings. The van der Waals surface area contributed by atoms with Crippen molar-refractivity contribution in [2.24, 2.45) is 5.92 Å². The van der Waals surface area contributed by atoms with Crippen molar-refractivity contribution >= 4 is 63.5 Å². The van der Waals surface area contributed by atoms with Crippen LogP contribution in [0.15, 0.2) is 90.4 Å². The summed E-state index contributed by atoms with van der Waals surface area (Å²) in [7, 11) is 0. The van der Waals surface area contributed by atoms with E-state index in [1.807, 2.05) is 51.1 Å². The normalized spacial score (nSPS) is 18.1. The van der Waals surface area contributed by atoms with Gasteiger partial charge in [0, 0.05) is 37.2 Å². The van der Waals surface area contributed by atoms with Gasteiger partial charge in [-0.1, -0.05) is 44.2 Å². The molecule has 370 valence electrons. The van der Waals surface area contributed by atoms with Crippen LogP contribution >= 0.6 is 23.6 Å². The molecule has 18 heteroatoms. The molecule has 13 nitrogen and oxygen atoms in total. The first-order valence-corrected chi connectivity index (χ1v) is 24.7. The number of aryl methyl sites for hydroxylation is 2. The number of carbonyl (C=O) groups is 4. The number of β-amino-alcohol motifs (C(OH)–C–C–N with tert-alkyl or cyclic N) is 1.